The molecular formula is C42H52O15. The third-order valence-electron chi connectivity index (χ3n) is 7.59. The Hall–Kier alpha value is -5.00. The number of ether oxygens (including phenoxy) is 13. The van der Waals surface area contributed by atoms with Crippen LogP contribution in [0, 0.1) is 0 Å². The molecular weight excluding hydrogens is 744 g/mol. The topological polar surface area (TPSA) is 154 Å². The van der Waals surface area contributed by atoms with Gasteiger partial charge in [0, 0.05) is 26.4 Å². The first-order valence-electron chi connectivity index (χ1n) is 18.6. The van der Waals surface area contributed by atoms with Crippen LogP contribution >= 0.6 is 0 Å². The highest BCUT2D eigenvalue weighted by Crippen LogP contribution is 2.45. The fourth-order valence-electron chi connectivity index (χ4n) is 4.80. The molecule has 3 aromatic carbocycles. The molecule has 0 unspecified atom stereocenters. The molecule has 0 spiro atoms. The fraction of sp³-hybridized carbons (Fsp3) is 0.429. The van der Waals surface area contributed by atoms with Crippen LogP contribution in [0.3, 0.4) is 0 Å². The molecule has 0 aliphatic carbocycles. The zero-order valence-corrected chi connectivity index (χ0v) is 32.5. The van der Waals surface area contributed by atoms with Crippen LogP contribution in [0.2, 0.25) is 0 Å². The number of hydrogen-bond acceptors (Lipinski definition) is 15. The molecule has 0 fully saturated rings. The lowest BCUT2D eigenvalue weighted by molar-refractivity contribution is -0.130. The monoisotopic (exact) mass is 796 g/mol. The molecule has 0 radical (unpaired) electrons. The van der Waals surface area contributed by atoms with E-state index in [-0.39, 0.29) is 49.4 Å². The summed E-state index contributed by atoms with van der Waals surface area (Å²) in [5, 5.41) is 0. The normalized spacial score (nSPS) is 14.1. The van der Waals surface area contributed by atoms with E-state index in [1.165, 1.54) is 24.3 Å². The average molecular weight is 797 g/mol. The van der Waals surface area contributed by atoms with Gasteiger partial charge in [-0.05, 0) is 59.7 Å². The maximum Gasteiger partial charge on any atom is 0.336 e. The van der Waals surface area contributed by atoms with Crippen LogP contribution in [0.5, 0.6) is 34.5 Å². The minimum atomic E-state index is -0.679. The Morgan fingerprint density at radius 3 is 1.25 bits per heavy atom. The van der Waals surface area contributed by atoms with Gasteiger partial charge in [0.15, 0.2) is 11.5 Å². The number of methoxy groups -OCH3 is 2. The molecule has 1 aliphatic heterocycles. The zero-order chi connectivity index (χ0) is 40.2. The number of benzene rings is 3. The molecule has 4 rings (SSSR count). The number of carbonyl (C=O) groups excluding carboxylic acids is 2. The van der Waals surface area contributed by atoms with Gasteiger partial charge in [-0.25, -0.2) is 9.59 Å². The molecule has 310 valence electrons. The molecule has 0 amide bonds. The Bertz CT molecular complexity index is 1520. The third kappa shape index (κ3) is 18.2. The van der Waals surface area contributed by atoms with Crippen molar-refractivity contribution in [3.8, 4) is 34.5 Å². The second-order valence-corrected chi connectivity index (χ2v) is 11.8. The lowest BCUT2D eigenvalue weighted by Gasteiger charge is -2.18. The van der Waals surface area contributed by atoms with Gasteiger partial charge in [-0.1, -0.05) is 24.3 Å². The van der Waals surface area contributed by atoms with Gasteiger partial charge in [0.05, 0.1) is 79.3 Å². The number of esters is 2. The van der Waals surface area contributed by atoms with Crippen LogP contribution in [0.25, 0.3) is 12.2 Å². The molecule has 0 N–H and O–H groups in total. The predicted octanol–water partition coefficient (Wildman–Crippen LogP) is 4.83. The van der Waals surface area contributed by atoms with Crippen molar-refractivity contribution in [3.63, 3.8) is 0 Å². The molecule has 1 heterocycles. The van der Waals surface area contributed by atoms with E-state index in [2.05, 4.69) is 0 Å². The maximum absolute atomic E-state index is 13.1. The Morgan fingerprint density at radius 2 is 0.860 bits per heavy atom. The van der Waals surface area contributed by atoms with Crippen LogP contribution in [-0.4, -0.2) is 132 Å². The molecule has 0 saturated carbocycles. The van der Waals surface area contributed by atoms with Crippen LogP contribution in [0.1, 0.15) is 11.1 Å². The van der Waals surface area contributed by atoms with Crippen LogP contribution < -0.4 is 28.4 Å². The number of fused-ring (bicyclic) bond motifs is 1. The van der Waals surface area contributed by atoms with Crippen molar-refractivity contribution < 1.29 is 71.2 Å². The summed E-state index contributed by atoms with van der Waals surface area (Å²) >= 11 is 0. The molecule has 0 atom stereocenters. The van der Waals surface area contributed by atoms with Crippen molar-refractivity contribution in [1.29, 1.82) is 0 Å². The molecule has 0 saturated heterocycles. The first-order valence-corrected chi connectivity index (χ1v) is 18.6. The number of rotatable bonds is 20. The fourth-order valence-corrected chi connectivity index (χ4v) is 4.80. The largest absolute Gasteiger partial charge is 0.491 e. The van der Waals surface area contributed by atoms with Gasteiger partial charge in [-0.15, -0.1) is 0 Å². The second-order valence-electron chi connectivity index (χ2n) is 11.8. The van der Waals surface area contributed by atoms with E-state index in [1.807, 2.05) is 0 Å². The molecule has 0 bridgehead atoms. The van der Waals surface area contributed by atoms with E-state index >= 15 is 0 Å². The molecule has 15 heteroatoms. The molecule has 15 nitrogen and oxygen atoms in total. The van der Waals surface area contributed by atoms with Crippen molar-refractivity contribution >= 4 is 24.1 Å². The smallest absolute Gasteiger partial charge is 0.336 e. The zero-order valence-electron chi connectivity index (χ0n) is 32.5. The van der Waals surface area contributed by atoms with Gasteiger partial charge in [0.2, 0.25) is 11.5 Å². The van der Waals surface area contributed by atoms with Crippen LogP contribution in [-0.2, 0) is 42.7 Å². The van der Waals surface area contributed by atoms with Gasteiger partial charge >= 0.3 is 11.9 Å². The molecule has 3 aromatic rings. The summed E-state index contributed by atoms with van der Waals surface area (Å²) in [4.78, 5) is 26.1. The summed E-state index contributed by atoms with van der Waals surface area (Å²) in [6.45, 7) is 5.71. The summed E-state index contributed by atoms with van der Waals surface area (Å²) in [5.41, 5.74) is 1.49. The molecule has 1 aliphatic rings. The second kappa shape index (κ2) is 27.6. The van der Waals surface area contributed by atoms with Crippen molar-refractivity contribution in [2.75, 3.05) is 120 Å². The first kappa shape index (κ1) is 44.7. The highest BCUT2D eigenvalue weighted by atomic mass is 16.6. The average Bonchev–Trinajstić information content (AvgIpc) is 3.23. The standard InChI is InChI=1S/C42H52O15/c1-45-17-19-47-25-29-52-35-9-3-33(4-10-35)7-15-39(43)56-37-13-14-38(42-41(37)54-31-27-50-23-21-49-22-24-51-28-32-55-42)57-40(44)16-8-34-5-11-36(12-6-34)53-30-26-48-20-18-46-2/h3-16H,17-32H2,1-2H3/b15-7+,16-8+. The van der Waals surface area contributed by atoms with Crippen LogP contribution in [0.4, 0.5) is 0 Å². The van der Waals surface area contributed by atoms with E-state index in [9.17, 15) is 9.59 Å². The summed E-state index contributed by atoms with van der Waals surface area (Å²) in [5.74, 6) is 0.155. The SMILES string of the molecule is COCCOCCOc1ccc(/C=C/C(=O)Oc2ccc(OC(=O)/C=C/c3ccc(OCCOCCOC)cc3)c3c2OCCOCCOCCOCCO3)cc1. The molecule has 0 aromatic heterocycles. The summed E-state index contributed by atoms with van der Waals surface area (Å²) < 4.78 is 72.3. The Kier molecular flexibility index (Phi) is 21.6. The minimum absolute atomic E-state index is 0.0453. The third-order valence-corrected chi connectivity index (χ3v) is 7.59. The van der Waals surface area contributed by atoms with Crippen molar-refractivity contribution in [2.24, 2.45) is 0 Å². The van der Waals surface area contributed by atoms with E-state index in [4.69, 9.17) is 61.6 Å². The van der Waals surface area contributed by atoms with E-state index in [1.54, 1.807) is 74.9 Å². The number of carbonyl (C=O) groups is 2. The van der Waals surface area contributed by atoms with Crippen LogP contribution in [0.15, 0.2) is 72.8 Å². The number of hydrogen-bond donors (Lipinski definition) is 0. The summed E-state index contributed by atoms with van der Waals surface area (Å²) in [7, 11) is 3.23. The van der Waals surface area contributed by atoms with E-state index in [0.29, 0.717) is 90.8 Å². The van der Waals surface area contributed by atoms with Crippen molar-refractivity contribution in [2.45, 2.75) is 0 Å². The molecule has 57 heavy (non-hydrogen) atoms. The summed E-state index contributed by atoms with van der Waals surface area (Å²) in [6.07, 6.45) is 5.78. The van der Waals surface area contributed by atoms with Gasteiger partial charge in [0.1, 0.15) is 37.9 Å². The highest BCUT2D eigenvalue weighted by molar-refractivity contribution is 5.90. The lowest BCUT2D eigenvalue weighted by Crippen LogP contribution is -2.14. The Labute approximate surface area is 333 Å². The van der Waals surface area contributed by atoms with Gasteiger partial charge < -0.3 is 61.6 Å². The van der Waals surface area contributed by atoms with Gasteiger partial charge in [0.25, 0.3) is 0 Å². The summed E-state index contributed by atoms with van der Waals surface area (Å²) in [6, 6.07) is 17.3. The van der Waals surface area contributed by atoms with E-state index < -0.39 is 11.9 Å². The van der Waals surface area contributed by atoms with E-state index in [0.717, 1.165) is 11.1 Å². The Morgan fingerprint density at radius 1 is 0.491 bits per heavy atom. The lowest BCUT2D eigenvalue weighted by atomic mass is 10.2. The van der Waals surface area contributed by atoms with Gasteiger partial charge in [-0.2, -0.15) is 0 Å². The maximum atomic E-state index is 13.1. The Balaban J connectivity index is 1.42. The highest BCUT2D eigenvalue weighted by Gasteiger charge is 2.22. The van der Waals surface area contributed by atoms with Crippen molar-refractivity contribution in [3.05, 3.63) is 83.9 Å². The van der Waals surface area contributed by atoms with Crippen molar-refractivity contribution in [1.82, 2.24) is 0 Å². The van der Waals surface area contributed by atoms with Gasteiger partial charge in [-0.3, -0.25) is 0 Å². The quantitative estimate of drug-likeness (QED) is 0.0664. The first-order chi connectivity index (χ1) is 28.1. The minimum Gasteiger partial charge on any atom is -0.491 e. The predicted molar refractivity (Wildman–Crippen MR) is 208 cm³/mol.